The largest absolute Gasteiger partial charge is 0.334 e. The van der Waals surface area contributed by atoms with Crippen LogP contribution >= 0.6 is 34.8 Å². The van der Waals surface area contributed by atoms with Crippen molar-refractivity contribution in [2.24, 2.45) is 0 Å². The van der Waals surface area contributed by atoms with E-state index in [-0.39, 0.29) is 18.0 Å². The number of hydrogen-bond donors (Lipinski definition) is 1. The molecule has 0 bridgehead atoms. The van der Waals surface area contributed by atoms with E-state index in [4.69, 9.17) is 34.8 Å². The summed E-state index contributed by atoms with van der Waals surface area (Å²) < 4.78 is 13.4. The molecule has 3 heterocycles. The highest BCUT2D eigenvalue weighted by Crippen LogP contribution is 2.51. The van der Waals surface area contributed by atoms with Crippen LogP contribution < -0.4 is 10.2 Å². The van der Waals surface area contributed by atoms with Crippen LogP contribution in [0.5, 0.6) is 0 Å². The molecule has 3 aromatic rings. The molecule has 192 valence electrons. The quantitative estimate of drug-likeness (QED) is 0.344. The number of hydrogen-bond acceptors (Lipinski definition) is 3. The summed E-state index contributed by atoms with van der Waals surface area (Å²) in [5.74, 6) is -0.576. The topological polar surface area (TPSA) is 48.5 Å². The van der Waals surface area contributed by atoms with Crippen molar-refractivity contribution in [3.05, 3.63) is 98.5 Å². The van der Waals surface area contributed by atoms with E-state index in [9.17, 15) is 9.18 Å². The lowest BCUT2D eigenvalue weighted by Crippen LogP contribution is -2.47. The molecule has 9 heteroatoms. The minimum Gasteiger partial charge on any atom is -0.334 e. The molecule has 0 unspecified atom stereocenters. The molecule has 0 radical (unpaired) electrons. The third-order valence-corrected chi connectivity index (χ3v) is 8.25. The number of piperidine rings is 1. The highest BCUT2D eigenvalue weighted by molar-refractivity contribution is 6.43. The van der Waals surface area contributed by atoms with Gasteiger partial charge in [-0.3, -0.25) is 9.80 Å². The number of pyridine rings is 1. The number of nitrogens with one attached hydrogen (secondary N) is 1. The first-order valence-electron chi connectivity index (χ1n) is 12.1. The summed E-state index contributed by atoms with van der Waals surface area (Å²) in [6.45, 7) is 3.30. The fourth-order valence-corrected chi connectivity index (χ4v) is 5.87. The molecule has 2 aliphatic rings. The maximum atomic E-state index is 13.4. The van der Waals surface area contributed by atoms with Crippen LogP contribution in [0.25, 0.3) is 6.08 Å². The SMILES string of the molecule is O=C(NCc1ccnc(F)c1)N1CC2(CCN(C/C=C/c3ccc(Cl)cc3)CC2)c2c1ccc(Cl)c2Cl. The molecule has 2 aliphatic heterocycles. The number of nitrogens with zero attached hydrogens (tertiary/aromatic N) is 3. The van der Waals surface area contributed by atoms with Gasteiger partial charge in [0.25, 0.3) is 0 Å². The smallest absolute Gasteiger partial charge is 0.322 e. The Bertz CT molecular complexity index is 1320. The lowest BCUT2D eigenvalue weighted by molar-refractivity contribution is 0.180. The number of fused-ring (bicyclic) bond motifs is 2. The zero-order chi connectivity index (χ0) is 26.0. The minimum absolute atomic E-state index is 0.201. The van der Waals surface area contributed by atoms with Crippen molar-refractivity contribution >= 4 is 52.6 Å². The normalized spacial score (nSPS) is 16.9. The van der Waals surface area contributed by atoms with E-state index >= 15 is 0 Å². The van der Waals surface area contributed by atoms with Crippen LogP contribution in [0.4, 0.5) is 14.9 Å². The second-order valence-electron chi connectivity index (χ2n) is 9.52. The Balaban J connectivity index is 1.28. The van der Waals surface area contributed by atoms with Gasteiger partial charge < -0.3 is 5.32 Å². The standard InChI is InChI=1S/C28H26Cl3FN4O/c29-21-5-3-19(4-6-21)2-1-13-35-14-10-28(11-15-35)18-36(23-8-7-22(30)26(31)25(23)28)27(37)34-17-20-9-12-33-24(32)16-20/h1-9,12,16H,10-11,13-15,17-18H2,(H,34,37)/b2-1+. The molecule has 2 aromatic carbocycles. The zero-order valence-corrected chi connectivity index (χ0v) is 22.3. The molecule has 1 N–H and O–H groups in total. The van der Waals surface area contributed by atoms with E-state index < -0.39 is 5.95 Å². The molecular weight excluding hydrogens is 534 g/mol. The molecule has 0 aliphatic carbocycles. The number of rotatable bonds is 5. The summed E-state index contributed by atoms with van der Waals surface area (Å²) >= 11 is 19.1. The van der Waals surface area contributed by atoms with Gasteiger partial charge in [-0.2, -0.15) is 4.39 Å². The Labute approximate surface area is 230 Å². The molecule has 0 saturated carbocycles. The third-order valence-electron chi connectivity index (χ3n) is 7.19. The number of carbonyl (C=O) groups excluding carboxylic acids is 1. The lowest BCUT2D eigenvalue weighted by Gasteiger charge is -2.39. The van der Waals surface area contributed by atoms with Gasteiger partial charge in [-0.1, -0.05) is 59.1 Å². The number of aromatic nitrogens is 1. The molecule has 37 heavy (non-hydrogen) atoms. The summed E-state index contributed by atoms with van der Waals surface area (Å²) in [4.78, 5) is 21.0. The van der Waals surface area contributed by atoms with Gasteiger partial charge in [0.1, 0.15) is 0 Å². The van der Waals surface area contributed by atoms with Crippen LogP contribution in [0.1, 0.15) is 29.5 Å². The van der Waals surface area contributed by atoms with E-state index in [0.717, 1.165) is 54.3 Å². The Morgan fingerprint density at radius 1 is 1.08 bits per heavy atom. The van der Waals surface area contributed by atoms with Gasteiger partial charge in [0.05, 0.1) is 15.7 Å². The first-order valence-corrected chi connectivity index (χ1v) is 13.3. The summed E-state index contributed by atoms with van der Waals surface area (Å²) in [7, 11) is 0. The number of benzene rings is 2. The Hall–Kier alpha value is -2.64. The molecule has 1 saturated heterocycles. The molecule has 1 fully saturated rings. The van der Waals surface area contributed by atoms with Gasteiger partial charge in [-0.25, -0.2) is 9.78 Å². The second-order valence-corrected chi connectivity index (χ2v) is 10.7. The summed E-state index contributed by atoms with van der Waals surface area (Å²) in [6, 6.07) is 14.1. The Morgan fingerprint density at radius 2 is 1.84 bits per heavy atom. The van der Waals surface area contributed by atoms with Crippen LogP contribution in [0.15, 0.2) is 60.8 Å². The van der Waals surface area contributed by atoms with Crippen LogP contribution in [0.2, 0.25) is 15.1 Å². The predicted molar refractivity (Wildman–Crippen MR) is 148 cm³/mol. The average molecular weight is 560 g/mol. The fraction of sp³-hybridized carbons (Fsp3) is 0.286. The summed E-state index contributed by atoms with van der Waals surface area (Å²) in [6.07, 6.45) is 7.36. The number of likely N-dealkylation sites (tertiary alicyclic amines) is 1. The van der Waals surface area contributed by atoms with Gasteiger partial charge in [-0.05, 0) is 73.5 Å². The Morgan fingerprint density at radius 3 is 2.57 bits per heavy atom. The van der Waals surface area contributed by atoms with Gasteiger partial charge in [-0.15, -0.1) is 0 Å². The van der Waals surface area contributed by atoms with Crippen molar-refractivity contribution in [1.82, 2.24) is 15.2 Å². The lowest BCUT2D eigenvalue weighted by atomic mass is 9.74. The van der Waals surface area contributed by atoms with Crippen molar-refractivity contribution in [3.8, 4) is 0 Å². The number of amides is 2. The van der Waals surface area contributed by atoms with E-state index in [0.29, 0.717) is 22.2 Å². The summed E-state index contributed by atoms with van der Waals surface area (Å²) in [5, 5.41) is 4.64. The second kappa shape index (κ2) is 11.0. The van der Waals surface area contributed by atoms with E-state index in [1.54, 1.807) is 17.0 Å². The van der Waals surface area contributed by atoms with Crippen LogP contribution in [-0.4, -0.2) is 42.1 Å². The molecule has 2 amide bonds. The maximum Gasteiger partial charge on any atom is 0.322 e. The molecule has 5 nitrogen and oxygen atoms in total. The zero-order valence-electron chi connectivity index (χ0n) is 20.1. The molecule has 1 aromatic heterocycles. The van der Waals surface area contributed by atoms with Crippen molar-refractivity contribution in [1.29, 1.82) is 0 Å². The number of anilines is 1. The van der Waals surface area contributed by atoms with Crippen LogP contribution in [-0.2, 0) is 12.0 Å². The number of halogens is 4. The van der Waals surface area contributed by atoms with Crippen LogP contribution in [0.3, 0.4) is 0 Å². The molecular formula is C28H26Cl3FN4O. The van der Waals surface area contributed by atoms with Crippen molar-refractivity contribution in [2.75, 3.05) is 31.1 Å². The highest BCUT2D eigenvalue weighted by Gasteiger charge is 2.48. The average Bonchev–Trinajstić information content (AvgIpc) is 3.21. The third kappa shape index (κ3) is 5.63. The molecule has 1 spiro atoms. The van der Waals surface area contributed by atoms with Gasteiger partial charge in [0.15, 0.2) is 0 Å². The van der Waals surface area contributed by atoms with Gasteiger partial charge in [0, 0.05) is 41.8 Å². The maximum absolute atomic E-state index is 13.4. The van der Waals surface area contributed by atoms with Crippen molar-refractivity contribution in [3.63, 3.8) is 0 Å². The predicted octanol–water partition coefficient (Wildman–Crippen LogP) is 6.96. The first-order chi connectivity index (χ1) is 17.8. The number of urea groups is 1. The van der Waals surface area contributed by atoms with Crippen molar-refractivity contribution < 1.29 is 9.18 Å². The first kappa shape index (κ1) is 26.0. The fourth-order valence-electron chi connectivity index (χ4n) is 5.23. The van der Waals surface area contributed by atoms with Crippen LogP contribution in [0, 0.1) is 5.95 Å². The van der Waals surface area contributed by atoms with E-state index in [1.165, 1.54) is 12.3 Å². The molecule has 5 rings (SSSR count). The number of carbonyl (C=O) groups is 1. The van der Waals surface area contributed by atoms with E-state index in [2.05, 4.69) is 27.4 Å². The summed E-state index contributed by atoms with van der Waals surface area (Å²) in [5.41, 5.74) is 3.21. The van der Waals surface area contributed by atoms with E-state index in [1.807, 2.05) is 30.3 Å². The molecule has 0 atom stereocenters. The highest BCUT2D eigenvalue weighted by atomic mass is 35.5. The van der Waals surface area contributed by atoms with Crippen molar-refractivity contribution in [2.45, 2.75) is 24.8 Å². The van der Waals surface area contributed by atoms with Gasteiger partial charge in [0.2, 0.25) is 5.95 Å². The monoisotopic (exact) mass is 558 g/mol. The van der Waals surface area contributed by atoms with Gasteiger partial charge >= 0.3 is 6.03 Å². The minimum atomic E-state index is -0.576. The Kier molecular flexibility index (Phi) is 7.72.